The molecule has 2 amide bonds. The Morgan fingerprint density at radius 3 is 2.39 bits per heavy atom. The summed E-state index contributed by atoms with van der Waals surface area (Å²) in [7, 11) is 1.57. The highest BCUT2D eigenvalue weighted by molar-refractivity contribution is 9.10. The number of benzene rings is 2. The number of carbonyl (C=O) groups is 2. The van der Waals surface area contributed by atoms with E-state index in [0.717, 1.165) is 15.7 Å². The van der Waals surface area contributed by atoms with Gasteiger partial charge in [-0.1, -0.05) is 15.9 Å². The Kier molecular flexibility index (Phi) is 6.75. The first-order chi connectivity index (χ1) is 18.2. The fourth-order valence-electron chi connectivity index (χ4n) is 4.68. The molecule has 9 nitrogen and oxygen atoms in total. The number of halogens is 1. The number of aromatic nitrogens is 4. The van der Waals surface area contributed by atoms with Crippen LogP contribution in [-0.2, 0) is 13.0 Å². The van der Waals surface area contributed by atoms with Gasteiger partial charge in [-0.05, 0) is 81.3 Å². The smallest absolute Gasteiger partial charge is 0.263 e. The zero-order chi connectivity index (χ0) is 27.1. The van der Waals surface area contributed by atoms with Gasteiger partial charge in [0.15, 0.2) is 0 Å². The number of nitrogens with one attached hydrogen (secondary N) is 1. The maximum Gasteiger partial charge on any atom is 0.263 e. The number of fused-ring (bicyclic) bond motifs is 1. The SMILES string of the molecule is CNC(=O)c1ccc(-n2c(-n3ccc(C)n3)nc3c(c2=O)CC(C)N(C(=O)c2ccc(Br)c(C)c2)C3)cc1. The minimum Gasteiger partial charge on any atom is -0.355 e. The molecule has 5 rings (SSSR count). The summed E-state index contributed by atoms with van der Waals surface area (Å²) in [6.45, 7) is 5.96. The molecule has 0 spiro atoms. The number of nitrogens with zero attached hydrogens (tertiary/aromatic N) is 5. The first-order valence-corrected chi connectivity index (χ1v) is 13.0. The standard InChI is InChI=1S/C28H27BrN6O3/c1-16-13-20(7-10-23(16)29)26(37)33-15-24-22(14-18(33)3)27(38)35(28(31-24)34-12-11-17(2)32-34)21-8-5-19(6-9-21)25(36)30-4/h5-13,18H,14-15H2,1-4H3,(H,30,36). The highest BCUT2D eigenvalue weighted by atomic mass is 79.9. The summed E-state index contributed by atoms with van der Waals surface area (Å²) >= 11 is 3.49. The van der Waals surface area contributed by atoms with Crippen LogP contribution in [0.4, 0.5) is 0 Å². The van der Waals surface area contributed by atoms with Gasteiger partial charge in [-0.15, -0.1) is 0 Å². The number of hydrogen-bond donors (Lipinski definition) is 1. The van der Waals surface area contributed by atoms with E-state index in [2.05, 4.69) is 26.3 Å². The summed E-state index contributed by atoms with van der Waals surface area (Å²) in [4.78, 5) is 46.1. The third kappa shape index (κ3) is 4.56. The zero-order valence-electron chi connectivity index (χ0n) is 21.5. The summed E-state index contributed by atoms with van der Waals surface area (Å²) in [5, 5.41) is 7.10. The van der Waals surface area contributed by atoms with Gasteiger partial charge in [-0.3, -0.25) is 14.4 Å². The van der Waals surface area contributed by atoms with E-state index in [4.69, 9.17) is 4.98 Å². The molecular formula is C28H27BrN6O3. The summed E-state index contributed by atoms with van der Waals surface area (Å²) in [6.07, 6.45) is 2.12. The van der Waals surface area contributed by atoms with Gasteiger partial charge in [0.2, 0.25) is 5.95 Å². The molecule has 1 atom stereocenters. The third-order valence-electron chi connectivity index (χ3n) is 6.80. The molecule has 4 aromatic rings. The Labute approximate surface area is 228 Å². The Morgan fingerprint density at radius 2 is 1.76 bits per heavy atom. The molecule has 0 bridgehead atoms. The Morgan fingerprint density at radius 1 is 1.05 bits per heavy atom. The van der Waals surface area contributed by atoms with Crippen LogP contribution in [0.25, 0.3) is 11.6 Å². The van der Waals surface area contributed by atoms with E-state index in [0.29, 0.717) is 40.4 Å². The highest BCUT2D eigenvalue weighted by Crippen LogP contribution is 2.25. The molecule has 1 aliphatic rings. The molecule has 1 unspecified atom stereocenters. The molecule has 1 N–H and O–H groups in total. The first-order valence-electron chi connectivity index (χ1n) is 12.2. The molecule has 0 saturated carbocycles. The van der Waals surface area contributed by atoms with Crippen molar-refractivity contribution in [2.75, 3.05) is 7.05 Å². The normalized spacial score (nSPS) is 14.8. The topological polar surface area (TPSA) is 102 Å². The number of aryl methyl sites for hydroxylation is 2. The molecule has 3 heterocycles. The molecule has 0 fully saturated rings. The minimum atomic E-state index is -0.218. The molecule has 194 valence electrons. The second kappa shape index (κ2) is 10.0. The minimum absolute atomic E-state index is 0.106. The molecule has 0 radical (unpaired) electrons. The number of carbonyl (C=O) groups excluding carboxylic acids is 2. The Bertz CT molecular complexity index is 1620. The Balaban J connectivity index is 1.61. The summed E-state index contributed by atoms with van der Waals surface area (Å²) < 4.78 is 4.02. The van der Waals surface area contributed by atoms with Crippen molar-refractivity contribution in [3.63, 3.8) is 0 Å². The summed E-state index contributed by atoms with van der Waals surface area (Å²) in [6, 6.07) is 13.9. The molecule has 10 heteroatoms. The monoisotopic (exact) mass is 574 g/mol. The predicted octanol–water partition coefficient (Wildman–Crippen LogP) is 3.74. The maximum absolute atomic E-state index is 14.0. The van der Waals surface area contributed by atoms with Crippen LogP contribution in [0.15, 0.2) is 64.0 Å². The van der Waals surface area contributed by atoms with E-state index in [1.807, 2.05) is 39.0 Å². The largest absolute Gasteiger partial charge is 0.355 e. The van der Waals surface area contributed by atoms with Crippen LogP contribution in [0.2, 0.25) is 0 Å². The van der Waals surface area contributed by atoms with Crippen LogP contribution in [0.1, 0.15) is 50.2 Å². The lowest BCUT2D eigenvalue weighted by atomic mass is 9.98. The van der Waals surface area contributed by atoms with Crippen molar-refractivity contribution in [3.8, 4) is 11.6 Å². The fourth-order valence-corrected chi connectivity index (χ4v) is 4.93. The summed E-state index contributed by atoms with van der Waals surface area (Å²) in [5.41, 5.74) is 4.29. The van der Waals surface area contributed by atoms with E-state index in [-0.39, 0.29) is 30.0 Å². The molecular weight excluding hydrogens is 548 g/mol. The van der Waals surface area contributed by atoms with Gasteiger partial charge < -0.3 is 10.2 Å². The van der Waals surface area contributed by atoms with Crippen molar-refractivity contribution >= 4 is 27.7 Å². The van der Waals surface area contributed by atoms with E-state index in [1.165, 1.54) is 4.57 Å². The van der Waals surface area contributed by atoms with Crippen LogP contribution >= 0.6 is 15.9 Å². The van der Waals surface area contributed by atoms with Crippen molar-refractivity contribution < 1.29 is 9.59 Å². The average molecular weight is 575 g/mol. The lowest BCUT2D eigenvalue weighted by Crippen LogP contribution is -2.46. The number of hydrogen-bond acceptors (Lipinski definition) is 5. The first kappa shape index (κ1) is 25.6. The van der Waals surface area contributed by atoms with Crippen LogP contribution in [0.5, 0.6) is 0 Å². The highest BCUT2D eigenvalue weighted by Gasteiger charge is 2.32. The van der Waals surface area contributed by atoms with Gasteiger partial charge in [0, 0.05) is 40.4 Å². The van der Waals surface area contributed by atoms with Crippen LogP contribution in [0, 0.1) is 13.8 Å². The number of amides is 2. The van der Waals surface area contributed by atoms with Gasteiger partial charge in [0.1, 0.15) is 0 Å². The lowest BCUT2D eigenvalue weighted by Gasteiger charge is -2.34. The Hall–Kier alpha value is -4.05. The average Bonchev–Trinajstić information content (AvgIpc) is 3.35. The van der Waals surface area contributed by atoms with Crippen molar-refractivity contribution in [2.45, 2.75) is 39.8 Å². The van der Waals surface area contributed by atoms with Crippen molar-refractivity contribution in [1.82, 2.24) is 29.5 Å². The molecule has 2 aromatic carbocycles. The number of rotatable bonds is 4. The molecule has 38 heavy (non-hydrogen) atoms. The maximum atomic E-state index is 14.0. The van der Waals surface area contributed by atoms with Crippen LogP contribution in [-0.4, -0.2) is 49.1 Å². The van der Waals surface area contributed by atoms with Gasteiger partial charge in [-0.25, -0.2) is 14.2 Å². The van der Waals surface area contributed by atoms with E-state index in [9.17, 15) is 14.4 Å². The second-order valence-electron chi connectivity index (χ2n) is 9.46. The quantitative estimate of drug-likeness (QED) is 0.400. The molecule has 0 saturated heterocycles. The van der Waals surface area contributed by atoms with E-state index in [1.54, 1.807) is 53.2 Å². The van der Waals surface area contributed by atoms with Crippen molar-refractivity contribution in [1.29, 1.82) is 0 Å². The molecule has 0 aliphatic carbocycles. The van der Waals surface area contributed by atoms with Gasteiger partial charge in [-0.2, -0.15) is 5.10 Å². The summed E-state index contributed by atoms with van der Waals surface area (Å²) in [5.74, 6) is -0.00285. The predicted molar refractivity (Wildman–Crippen MR) is 147 cm³/mol. The van der Waals surface area contributed by atoms with E-state index >= 15 is 0 Å². The van der Waals surface area contributed by atoms with E-state index < -0.39 is 0 Å². The van der Waals surface area contributed by atoms with Crippen LogP contribution < -0.4 is 10.9 Å². The van der Waals surface area contributed by atoms with Crippen molar-refractivity contribution in [2.24, 2.45) is 0 Å². The lowest BCUT2D eigenvalue weighted by molar-refractivity contribution is 0.0652. The zero-order valence-corrected chi connectivity index (χ0v) is 23.1. The van der Waals surface area contributed by atoms with Crippen LogP contribution in [0.3, 0.4) is 0 Å². The van der Waals surface area contributed by atoms with Gasteiger partial charge in [0.05, 0.1) is 23.6 Å². The van der Waals surface area contributed by atoms with Gasteiger partial charge >= 0.3 is 0 Å². The molecule has 2 aromatic heterocycles. The van der Waals surface area contributed by atoms with Crippen molar-refractivity contribution in [3.05, 3.63) is 103 Å². The van der Waals surface area contributed by atoms with Gasteiger partial charge in [0.25, 0.3) is 17.4 Å². The second-order valence-corrected chi connectivity index (χ2v) is 10.3. The third-order valence-corrected chi connectivity index (χ3v) is 7.69. The fraction of sp³-hybridized carbons (Fsp3) is 0.250. The molecule has 1 aliphatic heterocycles.